The van der Waals surface area contributed by atoms with Crippen LogP contribution in [-0.4, -0.2) is 23.2 Å². The van der Waals surface area contributed by atoms with Crippen molar-refractivity contribution in [1.82, 2.24) is 5.32 Å². The first-order valence-corrected chi connectivity index (χ1v) is 5.01. The fourth-order valence-corrected chi connectivity index (χ4v) is 1.37. The van der Waals surface area contributed by atoms with E-state index in [1.807, 2.05) is 6.92 Å². The molecule has 0 aromatic carbocycles. The molecule has 2 atom stereocenters. The highest BCUT2D eigenvalue weighted by Gasteiger charge is 2.09. The molecule has 1 amide bonds. The largest absolute Gasteiger partial charge is 0.393 e. The minimum Gasteiger partial charge on any atom is -0.393 e. The van der Waals surface area contributed by atoms with Crippen LogP contribution in [0.1, 0.15) is 46.5 Å². The summed E-state index contributed by atoms with van der Waals surface area (Å²) in [6.45, 7) is 5.51. The summed E-state index contributed by atoms with van der Waals surface area (Å²) in [6.07, 6.45) is 3.36. The van der Waals surface area contributed by atoms with Crippen molar-refractivity contribution in [2.24, 2.45) is 0 Å². The summed E-state index contributed by atoms with van der Waals surface area (Å²) in [5.41, 5.74) is 0. The van der Waals surface area contributed by atoms with Gasteiger partial charge >= 0.3 is 0 Å². The third kappa shape index (κ3) is 7.78. The average Bonchev–Trinajstić information content (AvgIpc) is 1.98. The summed E-state index contributed by atoms with van der Waals surface area (Å²) in [5, 5.41) is 12.3. The molecular weight excluding hydrogens is 166 g/mol. The Bertz CT molecular complexity index is 148. The fraction of sp³-hybridized carbons (Fsp3) is 0.900. The van der Waals surface area contributed by atoms with E-state index in [1.54, 1.807) is 0 Å². The fourth-order valence-electron chi connectivity index (χ4n) is 1.37. The number of rotatable bonds is 6. The minimum atomic E-state index is -0.276. The Morgan fingerprint density at radius 1 is 1.54 bits per heavy atom. The highest BCUT2D eigenvalue weighted by Crippen LogP contribution is 2.06. The van der Waals surface area contributed by atoms with Crippen molar-refractivity contribution < 1.29 is 9.90 Å². The zero-order valence-corrected chi connectivity index (χ0v) is 8.84. The maximum Gasteiger partial charge on any atom is 0.217 e. The minimum absolute atomic E-state index is 0.0322. The van der Waals surface area contributed by atoms with Crippen molar-refractivity contribution in [3.8, 4) is 0 Å². The van der Waals surface area contributed by atoms with Crippen LogP contribution in [0.15, 0.2) is 0 Å². The Morgan fingerprint density at radius 3 is 2.62 bits per heavy atom. The summed E-state index contributed by atoms with van der Waals surface area (Å²) in [4.78, 5) is 10.7. The molecule has 0 heterocycles. The van der Waals surface area contributed by atoms with Gasteiger partial charge in [0.05, 0.1) is 6.10 Å². The monoisotopic (exact) mass is 187 g/mol. The lowest BCUT2D eigenvalue weighted by atomic mass is 10.1. The Balaban J connectivity index is 3.52. The highest BCUT2D eigenvalue weighted by atomic mass is 16.3. The molecule has 0 rings (SSSR count). The number of carbonyl (C=O) groups excluding carboxylic acids is 1. The smallest absolute Gasteiger partial charge is 0.217 e. The second kappa shape index (κ2) is 6.89. The lowest BCUT2D eigenvalue weighted by molar-refractivity contribution is -0.119. The van der Waals surface area contributed by atoms with Gasteiger partial charge in [-0.2, -0.15) is 0 Å². The van der Waals surface area contributed by atoms with Crippen LogP contribution >= 0.6 is 0 Å². The van der Waals surface area contributed by atoms with E-state index in [-0.39, 0.29) is 18.1 Å². The van der Waals surface area contributed by atoms with E-state index in [9.17, 15) is 9.90 Å². The number of aliphatic hydroxyl groups excluding tert-OH is 1. The van der Waals surface area contributed by atoms with Gasteiger partial charge in [-0.25, -0.2) is 0 Å². The van der Waals surface area contributed by atoms with Gasteiger partial charge in [-0.15, -0.1) is 0 Å². The van der Waals surface area contributed by atoms with Gasteiger partial charge in [-0.1, -0.05) is 19.8 Å². The summed E-state index contributed by atoms with van der Waals surface area (Å²) in [5.74, 6) is -0.0322. The van der Waals surface area contributed by atoms with Crippen LogP contribution in [0.3, 0.4) is 0 Å². The van der Waals surface area contributed by atoms with Gasteiger partial charge in [0, 0.05) is 13.0 Å². The molecule has 2 N–H and O–H groups in total. The highest BCUT2D eigenvalue weighted by molar-refractivity contribution is 5.73. The molecule has 0 radical (unpaired) electrons. The number of nitrogens with one attached hydrogen (secondary N) is 1. The van der Waals surface area contributed by atoms with E-state index in [0.29, 0.717) is 6.42 Å². The van der Waals surface area contributed by atoms with Gasteiger partial charge in [-0.3, -0.25) is 4.79 Å². The van der Waals surface area contributed by atoms with Crippen molar-refractivity contribution in [2.75, 3.05) is 0 Å². The second-order valence-corrected chi connectivity index (χ2v) is 3.63. The Hall–Kier alpha value is -0.570. The third-order valence-corrected chi connectivity index (χ3v) is 1.97. The molecule has 0 aliphatic carbocycles. The SMILES string of the molecule is CCCC[C@@H](O)C[C@H](C)NC(C)=O. The molecule has 0 aliphatic heterocycles. The van der Waals surface area contributed by atoms with Gasteiger partial charge in [0.2, 0.25) is 5.91 Å². The van der Waals surface area contributed by atoms with E-state index < -0.39 is 0 Å². The van der Waals surface area contributed by atoms with Gasteiger partial charge in [-0.05, 0) is 19.8 Å². The molecule has 0 unspecified atom stereocenters. The number of unbranched alkanes of at least 4 members (excludes halogenated alkanes) is 1. The molecule has 0 fully saturated rings. The van der Waals surface area contributed by atoms with E-state index in [1.165, 1.54) is 6.92 Å². The zero-order chi connectivity index (χ0) is 10.3. The molecule has 13 heavy (non-hydrogen) atoms. The van der Waals surface area contributed by atoms with E-state index in [4.69, 9.17) is 0 Å². The summed E-state index contributed by atoms with van der Waals surface area (Å²) < 4.78 is 0. The zero-order valence-electron chi connectivity index (χ0n) is 8.84. The van der Waals surface area contributed by atoms with Crippen LogP contribution in [0.5, 0.6) is 0 Å². The van der Waals surface area contributed by atoms with Crippen LogP contribution < -0.4 is 5.32 Å². The first-order chi connectivity index (χ1) is 6.06. The Morgan fingerprint density at radius 2 is 2.15 bits per heavy atom. The number of amides is 1. The van der Waals surface area contributed by atoms with E-state index in [2.05, 4.69) is 12.2 Å². The van der Waals surface area contributed by atoms with E-state index in [0.717, 1.165) is 19.3 Å². The Kier molecular flexibility index (Phi) is 6.59. The first-order valence-electron chi connectivity index (χ1n) is 5.01. The molecule has 3 heteroatoms. The van der Waals surface area contributed by atoms with E-state index >= 15 is 0 Å². The molecule has 0 bridgehead atoms. The molecule has 0 aliphatic rings. The quantitative estimate of drug-likeness (QED) is 0.661. The maximum absolute atomic E-state index is 10.7. The lowest BCUT2D eigenvalue weighted by Gasteiger charge is -2.16. The second-order valence-electron chi connectivity index (χ2n) is 3.63. The molecule has 0 spiro atoms. The molecule has 0 saturated carbocycles. The van der Waals surface area contributed by atoms with Crippen molar-refractivity contribution in [3.05, 3.63) is 0 Å². The van der Waals surface area contributed by atoms with Crippen LogP contribution in [0.4, 0.5) is 0 Å². The number of hydrogen-bond donors (Lipinski definition) is 2. The molecule has 0 aromatic heterocycles. The average molecular weight is 187 g/mol. The Labute approximate surface area is 80.5 Å². The normalized spacial score (nSPS) is 15.1. The van der Waals surface area contributed by atoms with Gasteiger partial charge < -0.3 is 10.4 Å². The van der Waals surface area contributed by atoms with Crippen molar-refractivity contribution in [2.45, 2.75) is 58.6 Å². The van der Waals surface area contributed by atoms with Gasteiger partial charge in [0.25, 0.3) is 0 Å². The first kappa shape index (κ1) is 12.4. The number of aliphatic hydroxyl groups is 1. The van der Waals surface area contributed by atoms with Crippen LogP contribution in [0.25, 0.3) is 0 Å². The van der Waals surface area contributed by atoms with Crippen molar-refractivity contribution in [1.29, 1.82) is 0 Å². The van der Waals surface area contributed by atoms with Crippen LogP contribution in [0.2, 0.25) is 0 Å². The number of carbonyl (C=O) groups is 1. The lowest BCUT2D eigenvalue weighted by Crippen LogP contribution is -2.33. The topological polar surface area (TPSA) is 49.3 Å². The molecule has 0 saturated heterocycles. The van der Waals surface area contributed by atoms with Crippen LogP contribution in [0, 0.1) is 0 Å². The summed E-state index contributed by atoms with van der Waals surface area (Å²) in [6, 6.07) is 0.0735. The van der Waals surface area contributed by atoms with Crippen molar-refractivity contribution in [3.63, 3.8) is 0 Å². The maximum atomic E-state index is 10.7. The molecule has 78 valence electrons. The predicted molar refractivity (Wildman–Crippen MR) is 53.4 cm³/mol. The molecule has 3 nitrogen and oxygen atoms in total. The predicted octanol–water partition coefficient (Wildman–Crippen LogP) is 1.45. The standard InChI is InChI=1S/C10H21NO2/c1-4-5-6-10(13)7-8(2)11-9(3)12/h8,10,13H,4-7H2,1-3H3,(H,11,12)/t8-,10+/m0/s1. The molecular formula is C10H21NO2. The third-order valence-electron chi connectivity index (χ3n) is 1.97. The van der Waals surface area contributed by atoms with Crippen LogP contribution in [-0.2, 0) is 4.79 Å². The van der Waals surface area contributed by atoms with Crippen molar-refractivity contribution >= 4 is 5.91 Å². The summed E-state index contributed by atoms with van der Waals surface area (Å²) >= 11 is 0. The molecule has 0 aromatic rings. The van der Waals surface area contributed by atoms with Gasteiger partial charge in [0.1, 0.15) is 0 Å². The summed E-state index contributed by atoms with van der Waals surface area (Å²) in [7, 11) is 0. The number of hydrogen-bond acceptors (Lipinski definition) is 2. The van der Waals surface area contributed by atoms with Gasteiger partial charge in [0.15, 0.2) is 0 Å².